The summed E-state index contributed by atoms with van der Waals surface area (Å²) in [5, 5.41) is 19.3. The minimum atomic E-state index is -1.35. The number of nitrogens with zero attached hydrogens (tertiary/aromatic N) is 1. The van der Waals surface area contributed by atoms with Crippen molar-refractivity contribution in [2.45, 2.75) is 31.6 Å². The first-order chi connectivity index (χ1) is 14.4. The number of rotatable bonds is 7. The van der Waals surface area contributed by atoms with Crippen LogP contribution in [0, 0.1) is 5.92 Å². The van der Waals surface area contributed by atoms with Gasteiger partial charge in [-0.2, -0.15) is 0 Å². The largest absolute Gasteiger partial charge is 0.381 e. The van der Waals surface area contributed by atoms with Crippen LogP contribution < -0.4 is 5.32 Å². The van der Waals surface area contributed by atoms with Gasteiger partial charge < -0.3 is 24.4 Å². The molecular formula is C23H26N2O5. The molecule has 158 valence electrons. The van der Waals surface area contributed by atoms with Crippen LogP contribution in [0.2, 0.25) is 0 Å². The molecule has 1 fully saturated rings. The summed E-state index contributed by atoms with van der Waals surface area (Å²) >= 11 is 0. The average molecular weight is 410 g/mol. The van der Waals surface area contributed by atoms with Crippen molar-refractivity contribution in [1.82, 2.24) is 10.5 Å². The van der Waals surface area contributed by atoms with Gasteiger partial charge in [0.25, 0.3) is 5.91 Å². The SMILES string of the molecule is COC(c1ccc2ccccc2c1)c1cc(C(=O)NC(C)(O)CC2CCOC2)no1. The number of hydrogen-bond acceptors (Lipinski definition) is 6. The average Bonchev–Trinajstić information content (AvgIpc) is 3.40. The summed E-state index contributed by atoms with van der Waals surface area (Å²) in [7, 11) is 1.58. The lowest BCUT2D eigenvalue weighted by atomic mass is 9.97. The maximum Gasteiger partial charge on any atom is 0.275 e. The predicted molar refractivity (Wildman–Crippen MR) is 111 cm³/mol. The van der Waals surface area contributed by atoms with Crippen LogP contribution in [0.1, 0.15) is 47.7 Å². The summed E-state index contributed by atoms with van der Waals surface area (Å²) < 4.78 is 16.4. The van der Waals surface area contributed by atoms with E-state index < -0.39 is 17.7 Å². The molecule has 0 spiro atoms. The molecule has 1 saturated heterocycles. The van der Waals surface area contributed by atoms with Crippen LogP contribution in [0.25, 0.3) is 10.8 Å². The molecule has 3 aromatic rings. The van der Waals surface area contributed by atoms with Crippen LogP contribution in [-0.2, 0) is 9.47 Å². The molecule has 2 heterocycles. The fraction of sp³-hybridized carbons (Fsp3) is 0.391. The molecule has 2 aromatic carbocycles. The van der Waals surface area contributed by atoms with Crippen LogP contribution in [0.4, 0.5) is 0 Å². The number of carbonyl (C=O) groups excluding carboxylic acids is 1. The molecule has 1 aliphatic heterocycles. The van der Waals surface area contributed by atoms with Gasteiger partial charge in [0, 0.05) is 26.4 Å². The zero-order valence-corrected chi connectivity index (χ0v) is 17.1. The van der Waals surface area contributed by atoms with Gasteiger partial charge >= 0.3 is 0 Å². The fourth-order valence-electron chi connectivity index (χ4n) is 3.97. The molecule has 4 rings (SSSR count). The Kier molecular flexibility index (Phi) is 5.85. The quantitative estimate of drug-likeness (QED) is 0.580. The van der Waals surface area contributed by atoms with Crippen molar-refractivity contribution in [2.24, 2.45) is 5.92 Å². The van der Waals surface area contributed by atoms with Crippen LogP contribution in [0.3, 0.4) is 0 Å². The number of carbonyl (C=O) groups is 1. The van der Waals surface area contributed by atoms with E-state index in [1.54, 1.807) is 20.1 Å². The van der Waals surface area contributed by atoms with E-state index in [9.17, 15) is 9.90 Å². The van der Waals surface area contributed by atoms with Crippen molar-refractivity contribution < 1.29 is 23.9 Å². The third kappa shape index (κ3) is 4.53. The number of methoxy groups -OCH3 is 1. The molecule has 0 saturated carbocycles. The zero-order chi connectivity index (χ0) is 21.1. The van der Waals surface area contributed by atoms with Gasteiger partial charge in [-0.15, -0.1) is 0 Å². The Bertz CT molecular complexity index is 1020. The second-order valence-electron chi connectivity index (χ2n) is 8.00. The van der Waals surface area contributed by atoms with Crippen molar-refractivity contribution in [3.05, 3.63) is 65.5 Å². The van der Waals surface area contributed by atoms with Crippen LogP contribution in [-0.4, -0.2) is 42.2 Å². The van der Waals surface area contributed by atoms with Gasteiger partial charge in [0.1, 0.15) is 11.8 Å². The predicted octanol–water partition coefficient (Wildman–Crippen LogP) is 3.43. The van der Waals surface area contributed by atoms with Gasteiger partial charge in [0.05, 0.1) is 0 Å². The molecule has 7 heteroatoms. The van der Waals surface area contributed by atoms with E-state index in [-0.39, 0.29) is 11.6 Å². The van der Waals surface area contributed by atoms with E-state index >= 15 is 0 Å². The molecule has 1 amide bonds. The minimum absolute atomic E-state index is 0.0933. The second-order valence-corrected chi connectivity index (χ2v) is 8.00. The monoisotopic (exact) mass is 410 g/mol. The first kappa shape index (κ1) is 20.5. The minimum Gasteiger partial charge on any atom is -0.381 e. The number of aliphatic hydroxyl groups is 1. The molecule has 2 N–H and O–H groups in total. The zero-order valence-electron chi connectivity index (χ0n) is 17.1. The number of nitrogens with one attached hydrogen (secondary N) is 1. The van der Waals surface area contributed by atoms with E-state index in [1.807, 2.05) is 42.5 Å². The normalized spacial score (nSPS) is 19.5. The second kappa shape index (κ2) is 8.55. The molecule has 30 heavy (non-hydrogen) atoms. The summed E-state index contributed by atoms with van der Waals surface area (Å²) in [6.45, 7) is 2.87. The van der Waals surface area contributed by atoms with Gasteiger partial charge in [-0.1, -0.05) is 41.6 Å². The number of fused-ring (bicyclic) bond motifs is 1. The van der Waals surface area contributed by atoms with Crippen LogP contribution in [0.5, 0.6) is 0 Å². The van der Waals surface area contributed by atoms with Crippen LogP contribution in [0.15, 0.2) is 53.1 Å². The number of aromatic nitrogens is 1. The van der Waals surface area contributed by atoms with Crippen LogP contribution >= 0.6 is 0 Å². The van der Waals surface area contributed by atoms with Gasteiger partial charge in [-0.05, 0) is 48.1 Å². The highest BCUT2D eigenvalue weighted by molar-refractivity contribution is 5.92. The number of ether oxygens (including phenoxy) is 2. The highest BCUT2D eigenvalue weighted by atomic mass is 16.5. The Labute approximate surface area is 175 Å². The smallest absolute Gasteiger partial charge is 0.275 e. The Morgan fingerprint density at radius 1 is 1.30 bits per heavy atom. The highest BCUT2D eigenvalue weighted by Crippen LogP contribution is 2.29. The van der Waals surface area contributed by atoms with Gasteiger partial charge in [-0.3, -0.25) is 4.79 Å². The molecule has 0 radical (unpaired) electrons. The highest BCUT2D eigenvalue weighted by Gasteiger charge is 2.31. The first-order valence-electron chi connectivity index (χ1n) is 10.1. The standard InChI is InChI=1S/C23H26N2O5/c1-23(27,13-15-9-10-29-14-15)24-22(26)19-12-20(30-25-19)21(28-2)18-8-7-16-5-3-4-6-17(16)11-18/h3-8,11-12,15,21,27H,9-10,13-14H2,1-2H3,(H,24,26). The Morgan fingerprint density at radius 2 is 2.10 bits per heavy atom. The van der Waals surface area contributed by atoms with Gasteiger partial charge in [0.2, 0.25) is 0 Å². The number of amides is 1. The van der Waals surface area contributed by atoms with Gasteiger partial charge in [-0.25, -0.2) is 0 Å². The maximum atomic E-state index is 12.6. The summed E-state index contributed by atoms with van der Waals surface area (Å²) in [5.74, 6) is 0.142. The van der Waals surface area contributed by atoms with Crippen molar-refractivity contribution in [2.75, 3.05) is 20.3 Å². The molecular weight excluding hydrogens is 384 g/mol. The Balaban J connectivity index is 1.49. The molecule has 1 aliphatic rings. The third-order valence-corrected chi connectivity index (χ3v) is 5.42. The summed E-state index contributed by atoms with van der Waals surface area (Å²) in [6.07, 6.45) is 0.794. The van der Waals surface area contributed by atoms with Crippen molar-refractivity contribution in [3.8, 4) is 0 Å². The molecule has 1 aromatic heterocycles. The molecule has 7 nitrogen and oxygen atoms in total. The Hall–Kier alpha value is -2.74. The fourth-order valence-corrected chi connectivity index (χ4v) is 3.97. The van der Waals surface area contributed by atoms with Crippen molar-refractivity contribution >= 4 is 16.7 Å². The van der Waals surface area contributed by atoms with E-state index in [0.29, 0.717) is 25.4 Å². The molecule has 0 aliphatic carbocycles. The maximum absolute atomic E-state index is 12.6. The molecule has 3 atom stereocenters. The third-order valence-electron chi connectivity index (χ3n) is 5.42. The molecule has 3 unspecified atom stereocenters. The summed E-state index contributed by atoms with van der Waals surface area (Å²) in [5.41, 5.74) is -0.364. The van der Waals surface area contributed by atoms with Crippen molar-refractivity contribution in [3.63, 3.8) is 0 Å². The number of benzene rings is 2. The van der Waals surface area contributed by atoms with Crippen molar-refractivity contribution in [1.29, 1.82) is 0 Å². The van der Waals surface area contributed by atoms with E-state index in [1.165, 1.54) is 0 Å². The van der Waals surface area contributed by atoms with E-state index in [4.69, 9.17) is 14.0 Å². The van der Waals surface area contributed by atoms with E-state index in [2.05, 4.69) is 10.5 Å². The Morgan fingerprint density at radius 3 is 2.83 bits per heavy atom. The number of hydrogen-bond donors (Lipinski definition) is 2. The lowest BCUT2D eigenvalue weighted by molar-refractivity contribution is 0.00184. The van der Waals surface area contributed by atoms with Gasteiger partial charge in [0.15, 0.2) is 11.5 Å². The first-order valence-corrected chi connectivity index (χ1v) is 10.1. The summed E-state index contributed by atoms with van der Waals surface area (Å²) in [4.78, 5) is 12.6. The summed E-state index contributed by atoms with van der Waals surface area (Å²) in [6, 6.07) is 15.6. The lowest BCUT2D eigenvalue weighted by Gasteiger charge is -2.26. The van der Waals surface area contributed by atoms with E-state index in [0.717, 1.165) is 22.8 Å². The topological polar surface area (TPSA) is 93.8 Å². The lowest BCUT2D eigenvalue weighted by Crippen LogP contribution is -2.47. The molecule has 0 bridgehead atoms.